The quantitative estimate of drug-likeness (QED) is 0.788. The Balaban J connectivity index is 2.16. The summed E-state index contributed by atoms with van der Waals surface area (Å²) in [6.07, 6.45) is 2.44. The third-order valence-electron chi connectivity index (χ3n) is 3.09. The van der Waals surface area contributed by atoms with Crippen LogP contribution in [-0.4, -0.2) is 30.1 Å². The molecule has 1 aliphatic heterocycles. The number of nitrogens with one attached hydrogen (secondary N) is 1. The maximum absolute atomic E-state index is 5.68. The van der Waals surface area contributed by atoms with Gasteiger partial charge in [-0.15, -0.1) is 0 Å². The van der Waals surface area contributed by atoms with Gasteiger partial charge < -0.3 is 16.0 Å². The number of hydrogen-bond acceptors (Lipinski definition) is 5. The van der Waals surface area contributed by atoms with Gasteiger partial charge in [0.2, 0.25) is 5.95 Å². The van der Waals surface area contributed by atoms with E-state index in [-0.39, 0.29) is 0 Å². The van der Waals surface area contributed by atoms with Gasteiger partial charge in [0, 0.05) is 26.2 Å². The van der Waals surface area contributed by atoms with Gasteiger partial charge in [-0.25, -0.2) is 0 Å². The van der Waals surface area contributed by atoms with E-state index in [2.05, 4.69) is 27.1 Å². The normalized spacial score (nSPS) is 17.5. The zero-order chi connectivity index (χ0) is 11.5. The van der Waals surface area contributed by atoms with Crippen molar-refractivity contribution in [2.45, 2.75) is 19.8 Å². The van der Waals surface area contributed by atoms with Crippen molar-refractivity contribution in [3.63, 3.8) is 0 Å². The summed E-state index contributed by atoms with van der Waals surface area (Å²) in [6.45, 7) is 4.41. The lowest BCUT2D eigenvalue weighted by Gasteiger charge is -2.31. The molecule has 5 heteroatoms. The average Bonchev–Trinajstić information content (AvgIpc) is 2.29. The van der Waals surface area contributed by atoms with Crippen molar-refractivity contribution in [2.75, 3.05) is 36.1 Å². The van der Waals surface area contributed by atoms with Gasteiger partial charge in [-0.1, -0.05) is 6.92 Å². The monoisotopic (exact) mass is 221 g/mol. The molecule has 0 aliphatic carbocycles. The minimum atomic E-state index is 0.334. The molecule has 88 valence electrons. The summed E-state index contributed by atoms with van der Waals surface area (Å²) < 4.78 is 0. The summed E-state index contributed by atoms with van der Waals surface area (Å²) in [5.41, 5.74) is 5.68. The molecule has 1 saturated heterocycles. The molecule has 0 radical (unpaired) electrons. The zero-order valence-corrected chi connectivity index (χ0v) is 9.90. The third kappa shape index (κ3) is 2.35. The number of nitrogens with two attached hydrogens (primary N) is 1. The SMILES string of the molecule is CNc1cc(N2CCC(C)CC2)nc(N)n1. The molecule has 3 N–H and O–H groups in total. The molecule has 16 heavy (non-hydrogen) atoms. The van der Waals surface area contributed by atoms with Crippen LogP contribution in [0.1, 0.15) is 19.8 Å². The molecule has 0 atom stereocenters. The lowest BCUT2D eigenvalue weighted by molar-refractivity contribution is 0.436. The van der Waals surface area contributed by atoms with Crippen molar-refractivity contribution in [1.82, 2.24) is 9.97 Å². The average molecular weight is 221 g/mol. The van der Waals surface area contributed by atoms with E-state index in [1.165, 1.54) is 12.8 Å². The Labute approximate surface area is 96.1 Å². The molecule has 0 unspecified atom stereocenters. The fourth-order valence-electron chi connectivity index (χ4n) is 1.98. The molecule has 5 nitrogen and oxygen atoms in total. The molecule has 1 aromatic heterocycles. The lowest BCUT2D eigenvalue weighted by atomic mass is 9.99. The maximum Gasteiger partial charge on any atom is 0.223 e. The van der Waals surface area contributed by atoms with E-state index in [1.54, 1.807) is 0 Å². The van der Waals surface area contributed by atoms with Gasteiger partial charge >= 0.3 is 0 Å². The second-order valence-corrected chi connectivity index (χ2v) is 4.39. The minimum Gasteiger partial charge on any atom is -0.373 e. The lowest BCUT2D eigenvalue weighted by Crippen LogP contribution is -2.33. The number of nitrogens with zero attached hydrogens (tertiary/aromatic N) is 3. The van der Waals surface area contributed by atoms with Gasteiger partial charge in [0.05, 0.1) is 0 Å². The molecule has 2 heterocycles. The molecule has 0 saturated carbocycles. The third-order valence-corrected chi connectivity index (χ3v) is 3.09. The number of piperidine rings is 1. The van der Waals surface area contributed by atoms with E-state index in [0.29, 0.717) is 5.95 Å². The summed E-state index contributed by atoms with van der Waals surface area (Å²) in [7, 11) is 1.84. The summed E-state index contributed by atoms with van der Waals surface area (Å²) in [4.78, 5) is 10.7. The Morgan fingerprint density at radius 1 is 1.38 bits per heavy atom. The van der Waals surface area contributed by atoms with Gasteiger partial charge in [-0.2, -0.15) is 9.97 Å². The van der Waals surface area contributed by atoms with Crippen LogP contribution in [0.15, 0.2) is 6.07 Å². The molecule has 2 rings (SSSR count). The highest BCUT2D eigenvalue weighted by atomic mass is 15.2. The van der Waals surface area contributed by atoms with Gasteiger partial charge in [0.25, 0.3) is 0 Å². The Hall–Kier alpha value is -1.52. The Morgan fingerprint density at radius 3 is 2.69 bits per heavy atom. The van der Waals surface area contributed by atoms with E-state index in [4.69, 9.17) is 5.73 Å². The van der Waals surface area contributed by atoms with Crippen LogP contribution in [0.25, 0.3) is 0 Å². The van der Waals surface area contributed by atoms with E-state index in [1.807, 2.05) is 13.1 Å². The van der Waals surface area contributed by atoms with Crippen molar-refractivity contribution in [2.24, 2.45) is 5.92 Å². The molecule has 0 bridgehead atoms. The predicted octanol–water partition coefficient (Wildman–Crippen LogP) is 1.34. The maximum atomic E-state index is 5.68. The highest BCUT2D eigenvalue weighted by Crippen LogP contribution is 2.23. The van der Waals surface area contributed by atoms with Crippen molar-refractivity contribution in [1.29, 1.82) is 0 Å². The fraction of sp³-hybridized carbons (Fsp3) is 0.636. The van der Waals surface area contributed by atoms with Crippen LogP contribution in [0.3, 0.4) is 0 Å². The topological polar surface area (TPSA) is 67.1 Å². The zero-order valence-electron chi connectivity index (χ0n) is 9.90. The van der Waals surface area contributed by atoms with Crippen LogP contribution in [-0.2, 0) is 0 Å². The Morgan fingerprint density at radius 2 is 2.06 bits per heavy atom. The summed E-state index contributed by atoms with van der Waals surface area (Å²) in [5.74, 6) is 2.87. The van der Waals surface area contributed by atoms with E-state index in [9.17, 15) is 0 Å². The number of hydrogen-bond donors (Lipinski definition) is 2. The van der Waals surface area contributed by atoms with E-state index >= 15 is 0 Å². The fourth-order valence-corrected chi connectivity index (χ4v) is 1.98. The smallest absolute Gasteiger partial charge is 0.223 e. The summed E-state index contributed by atoms with van der Waals surface area (Å²) >= 11 is 0. The molecule has 0 aromatic carbocycles. The standard InChI is InChI=1S/C11H19N5/c1-8-3-5-16(6-4-8)10-7-9(13-2)14-11(12)15-10/h7-8H,3-6H2,1-2H3,(H3,12,13,14,15). The molecular formula is C11H19N5. The first-order valence-corrected chi connectivity index (χ1v) is 5.76. The van der Waals surface area contributed by atoms with Gasteiger partial charge in [0.15, 0.2) is 0 Å². The van der Waals surface area contributed by atoms with Crippen LogP contribution in [0.4, 0.5) is 17.6 Å². The highest BCUT2D eigenvalue weighted by Gasteiger charge is 2.17. The van der Waals surface area contributed by atoms with Crippen molar-refractivity contribution >= 4 is 17.6 Å². The van der Waals surface area contributed by atoms with E-state index < -0.39 is 0 Å². The van der Waals surface area contributed by atoms with Gasteiger partial charge in [0.1, 0.15) is 11.6 Å². The molecule has 1 aliphatic rings. The summed E-state index contributed by atoms with van der Waals surface area (Å²) in [6, 6.07) is 1.95. The van der Waals surface area contributed by atoms with Gasteiger partial charge in [-0.05, 0) is 18.8 Å². The first-order valence-electron chi connectivity index (χ1n) is 5.76. The molecule has 1 aromatic rings. The molecule has 0 spiro atoms. The summed E-state index contributed by atoms with van der Waals surface area (Å²) in [5, 5.41) is 3.00. The van der Waals surface area contributed by atoms with Gasteiger partial charge in [-0.3, -0.25) is 0 Å². The number of anilines is 3. The van der Waals surface area contributed by atoms with Crippen LogP contribution in [0, 0.1) is 5.92 Å². The van der Waals surface area contributed by atoms with Crippen LogP contribution >= 0.6 is 0 Å². The van der Waals surface area contributed by atoms with Crippen molar-refractivity contribution in [3.8, 4) is 0 Å². The number of rotatable bonds is 2. The van der Waals surface area contributed by atoms with Crippen LogP contribution in [0.5, 0.6) is 0 Å². The van der Waals surface area contributed by atoms with Crippen LogP contribution in [0.2, 0.25) is 0 Å². The van der Waals surface area contributed by atoms with Crippen molar-refractivity contribution < 1.29 is 0 Å². The molecule has 1 fully saturated rings. The Bertz CT molecular complexity index is 357. The first kappa shape index (κ1) is 11.0. The first-order chi connectivity index (χ1) is 7.69. The Kier molecular flexibility index (Phi) is 3.12. The molecular weight excluding hydrogens is 202 g/mol. The second-order valence-electron chi connectivity index (χ2n) is 4.39. The van der Waals surface area contributed by atoms with Crippen LogP contribution < -0.4 is 16.0 Å². The highest BCUT2D eigenvalue weighted by molar-refractivity contribution is 5.52. The van der Waals surface area contributed by atoms with Crippen molar-refractivity contribution in [3.05, 3.63) is 6.07 Å². The van der Waals surface area contributed by atoms with E-state index in [0.717, 1.165) is 30.6 Å². The number of aromatic nitrogens is 2. The molecule has 0 amide bonds. The minimum absolute atomic E-state index is 0.334. The largest absolute Gasteiger partial charge is 0.373 e. The number of nitrogen functional groups attached to an aromatic ring is 1. The predicted molar refractivity (Wildman–Crippen MR) is 66.6 cm³/mol. The second kappa shape index (κ2) is 4.55.